The zero-order chi connectivity index (χ0) is 21.3. The predicted molar refractivity (Wildman–Crippen MR) is 122 cm³/mol. The number of likely N-dealkylation sites (tertiary alicyclic amines) is 2. The van der Waals surface area contributed by atoms with Crippen molar-refractivity contribution in [3.05, 3.63) is 35.4 Å². The molecule has 0 spiro atoms. The molecule has 2 fully saturated rings. The standard InChI is InChI=1S/C24H40N4O2/c1-4-11-27-12-8-22(9-13-27)28-18-21(16-23(28)24(29)25-10-14-30-3)26-17-20-7-5-6-19(2)15-20/h5-7,15,21-23,26H,4,8-14,16-18H2,1-3H3,(H,25,29)/t21-,23+/m1/s1. The summed E-state index contributed by atoms with van der Waals surface area (Å²) in [6.07, 6.45) is 4.41. The summed E-state index contributed by atoms with van der Waals surface area (Å²) in [6, 6.07) is 9.46. The van der Waals surface area contributed by atoms with E-state index in [0.717, 1.165) is 45.4 Å². The molecule has 2 saturated heterocycles. The molecule has 1 aromatic rings. The van der Waals surface area contributed by atoms with E-state index >= 15 is 0 Å². The lowest BCUT2D eigenvalue weighted by Crippen LogP contribution is -2.51. The van der Waals surface area contributed by atoms with Gasteiger partial charge in [0.15, 0.2) is 0 Å². The normalized spacial score (nSPS) is 23.7. The zero-order valence-corrected chi connectivity index (χ0v) is 19.0. The number of hydrogen-bond acceptors (Lipinski definition) is 5. The Morgan fingerprint density at radius 1 is 1.27 bits per heavy atom. The van der Waals surface area contributed by atoms with Crippen LogP contribution in [0.1, 0.15) is 43.7 Å². The highest BCUT2D eigenvalue weighted by atomic mass is 16.5. The second-order valence-electron chi connectivity index (χ2n) is 8.87. The van der Waals surface area contributed by atoms with Crippen LogP contribution in [0.5, 0.6) is 0 Å². The molecule has 0 saturated carbocycles. The van der Waals surface area contributed by atoms with E-state index in [2.05, 4.69) is 58.5 Å². The number of nitrogens with one attached hydrogen (secondary N) is 2. The maximum Gasteiger partial charge on any atom is 0.237 e. The summed E-state index contributed by atoms with van der Waals surface area (Å²) in [7, 11) is 1.67. The first-order chi connectivity index (χ1) is 14.6. The molecule has 168 valence electrons. The second kappa shape index (κ2) is 11.8. The summed E-state index contributed by atoms with van der Waals surface area (Å²) in [5, 5.41) is 6.80. The van der Waals surface area contributed by atoms with Gasteiger partial charge in [0.05, 0.1) is 12.6 Å². The Kier molecular flexibility index (Phi) is 9.12. The van der Waals surface area contributed by atoms with E-state index in [0.29, 0.717) is 25.2 Å². The van der Waals surface area contributed by atoms with Gasteiger partial charge in [0.1, 0.15) is 0 Å². The molecule has 2 heterocycles. The molecule has 2 aliphatic heterocycles. The first-order valence-corrected chi connectivity index (χ1v) is 11.6. The van der Waals surface area contributed by atoms with Crippen molar-refractivity contribution in [2.75, 3.05) is 46.4 Å². The van der Waals surface area contributed by atoms with Crippen LogP contribution < -0.4 is 10.6 Å². The maximum absolute atomic E-state index is 13.0. The monoisotopic (exact) mass is 416 g/mol. The number of amides is 1. The summed E-state index contributed by atoms with van der Waals surface area (Å²) in [6.45, 7) is 10.8. The highest BCUT2D eigenvalue weighted by Gasteiger charge is 2.40. The van der Waals surface area contributed by atoms with Crippen molar-refractivity contribution in [2.45, 2.75) is 64.2 Å². The van der Waals surface area contributed by atoms with E-state index in [-0.39, 0.29) is 11.9 Å². The van der Waals surface area contributed by atoms with E-state index in [4.69, 9.17) is 4.74 Å². The van der Waals surface area contributed by atoms with Crippen LogP contribution in [-0.4, -0.2) is 80.3 Å². The minimum Gasteiger partial charge on any atom is -0.383 e. The number of nitrogens with zero attached hydrogens (tertiary/aromatic N) is 2. The third-order valence-electron chi connectivity index (χ3n) is 6.49. The Hall–Kier alpha value is -1.47. The van der Waals surface area contributed by atoms with Crippen molar-refractivity contribution >= 4 is 5.91 Å². The Morgan fingerprint density at radius 3 is 2.77 bits per heavy atom. The lowest BCUT2D eigenvalue weighted by molar-refractivity contribution is -0.126. The average Bonchev–Trinajstić information content (AvgIpc) is 3.18. The smallest absolute Gasteiger partial charge is 0.237 e. The number of piperidine rings is 1. The Bertz CT molecular complexity index is 660. The molecule has 1 aromatic carbocycles. The van der Waals surface area contributed by atoms with Gasteiger partial charge in [-0.25, -0.2) is 0 Å². The molecular formula is C24H40N4O2. The highest BCUT2D eigenvalue weighted by Crippen LogP contribution is 2.27. The molecule has 6 nitrogen and oxygen atoms in total. The molecule has 6 heteroatoms. The summed E-state index contributed by atoms with van der Waals surface area (Å²) in [4.78, 5) is 18.0. The number of benzene rings is 1. The van der Waals surface area contributed by atoms with Crippen molar-refractivity contribution in [2.24, 2.45) is 0 Å². The zero-order valence-electron chi connectivity index (χ0n) is 19.0. The molecule has 3 rings (SSSR count). The highest BCUT2D eigenvalue weighted by molar-refractivity contribution is 5.82. The molecule has 0 radical (unpaired) electrons. The van der Waals surface area contributed by atoms with Gasteiger partial charge in [0, 0.05) is 38.8 Å². The Balaban J connectivity index is 1.59. The number of rotatable bonds is 10. The molecule has 0 unspecified atom stereocenters. The quantitative estimate of drug-likeness (QED) is 0.573. The summed E-state index contributed by atoms with van der Waals surface area (Å²) in [5.41, 5.74) is 2.60. The fraction of sp³-hybridized carbons (Fsp3) is 0.708. The van der Waals surface area contributed by atoms with Gasteiger partial charge in [-0.2, -0.15) is 0 Å². The maximum atomic E-state index is 13.0. The second-order valence-corrected chi connectivity index (χ2v) is 8.87. The molecule has 0 aromatic heterocycles. The molecular weight excluding hydrogens is 376 g/mol. The van der Waals surface area contributed by atoms with E-state index in [9.17, 15) is 4.79 Å². The molecule has 2 atom stereocenters. The van der Waals surface area contributed by atoms with Gasteiger partial charge >= 0.3 is 0 Å². The van der Waals surface area contributed by atoms with Crippen molar-refractivity contribution in [3.63, 3.8) is 0 Å². The van der Waals surface area contributed by atoms with Crippen molar-refractivity contribution < 1.29 is 9.53 Å². The number of carbonyl (C=O) groups excluding carboxylic acids is 1. The number of ether oxygens (including phenoxy) is 1. The minimum absolute atomic E-state index is 0.0420. The van der Waals surface area contributed by atoms with Gasteiger partial charge in [-0.05, 0) is 57.8 Å². The lowest BCUT2D eigenvalue weighted by atomic mass is 10.0. The van der Waals surface area contributed by atoms with Gasteiger partial charge in [0.2, 0.25) is 5.91 Å². The van der Waals surface area contributed by atoms with Crippen molar-refractivity contribution in [1.82, 2.24) is 20.4 Å². The van der Waals surface area contributed by atoms with Crippen LogP contribution in [0.15, 0.2) is 24.3 Å². The van der Waals surface area contributed by atoms with Gasteiger partial charge in [-0.1, -0.05) is 36.8 Å². The fourth-order valence-corrected chi connectivity index (χ4v) is 4.94. The largest absolute Gasteiger partial charge is 0.383 e. The van der Waals surface area contributed by atoms with E-state index in [1.165, 1.54) is 24.1 Å². The summed E-state index contributed by atoms with van der Waals surface area (Å²) in [5.74, 6) is 0.155. The van der Waals surface area contributed by atoms with Crippen molar-refractivity contribution in [3.8, 4) is 0 Å². The van der Waals surface area contributed by atoms with Crippen LogP contribution in [0, 0.1) is 6.92 Å². The van der Waals surface area contributed by atoms with Crippen LogP contribution in [0.3, 0.4) is 0 Å². The van der Waals surface area contributed by atoms with Crippen LogP contribution in [0.4, 0.5) is 0 Å². The van der Waals surface area contributed by atoms with E-state index in [1.807, 2.05) is 0 Å². The molecule has 0 bridgehead atoms. The van der Waals surface area contributed by atoms with E-state index < -0.39 is 0 Å². The van der Waals surface area contributed by atoms with Crippen LogP contribution >= 0.6 is 0 Å². The first kappa shape index (κ1) is 23.2. The third kappa shape index (κ3) is 6.51. The molecule has 2 N–H and O–H groups in total. The number of carbonyl (C=O) groups is 1. The topological polar surface area (TPSA) is 56.8 Å². The minimum atomic E-state index is -0.0420. The van der Waals surface area contributed by atoms with Crippen LogP contribution in [0.2, 0.25) is 0 Å². The van der Waals surface area contributed by atoms with Crippen LogP contribution in [0.25, 0.3) is 0 Å². The Labute approximate surface area is 182 Å². The first-order valence-electron chi connectivity index (χ1n) is 11.6. The molecule has 30 heavy (non-hydrogen) atoms. The average molecular weight is 417 g/mol. The van der Waals surface area contributed by atoms with Gasteiger partial charge < -0.3 is 20.3 Å². The van der Waals surface area contributed by atoms with E-state index in [1.54, 1.807) is 7.11 Å². The van der Waals surface area contributed by atoms with Gasteiger partial charge in [-0.15, -0.1) is 0 Å². The predicted octanol–water partition coefficient (Wildman–Crippen LogP) is 2.16. The number of methoxy groups -OCH3 is 1. The summed E-state index contributed by atoms with van der Waals surface area (Å²) >= 11 is 0. The molecule has 2 aliphatic rings. The number of aryl methyl sites for hydroxylation is 1. The Morgan fingerprint density at radius 2 is 2.07 bits per heavy atom. The third-order valence-corrected chi connectivity index (χ3v) is 6.49. The van der Waals surface area contributed by atoms with Crippen LogP contribution in [-0.2, 0) is 16.1 Å². The van der Waals surface area contributed by atoms with Crippen molar-refractivity contribution in [1.29, 1.82) is 0 Å². The van der Waals surface area contributed by atoms with Gasteiger partial charge in [0.25, 0.3) is 0 Å². The number of hydrogen-bond donors (Lipinski definition) is 2. The molecule has 1 amide bonds. The van der Waals surface area contributed by atoms with Gasteiger partial charge in [-0.3, -0.25) is 9.69 Å². The SMILES string of the molecule is CCCN1CCC(N2C[C@H](NCc3cccc(C)c3)C[C@H]2C(=O)NCCOC)CC1. The summed E-state index contributed by atoms with van der Waals surface area (Å²) < 4.78 is 5.10. The fourth-order valence-electron chi connectivity index (χ4n) is 4.94. The molecule has 0 aliphatic carbocycles. The lowest BCUT2D eigenvalue weighted by Gasteiger charge is -2.39.